The van der Waals surface area contributed by atoms with Gasteiger partial charge in [-0.1, -0.05) is 12.8 Å². The normalized spacial score (nSPS) is 18.1. The molecule has 0 unspecified atom stereocenters. The van der Waals surface area contributed by atoms with E-state index in [0.29, 0.717) is 5.56 Å². The first-order valence-corrected chi connectivity index (χ1v) is 8.46. The molecule has 22 heavy (non-hydrogen) atoms. The number of rotatable bonds is 3. The Morgan fingerprint density at radius 1 is 1.50 bits per heavy atom. The zero-order chi connectivity index (χ0) is 15.4. The Labute approximate surface area is 134 Å². The van der Waals surface area contributed by atoms with Gasteiger partial charge in [0.05, 0.1) is 22.3 Å². The molecule has 0 spiro atoms. The van der Waals surface area contributed by atoms with Crippen molar-refractivity contribution in [2.24, 2.45) is 0 Å². The number of hydrogen-bond acceptors (Lipinski definition) is 4. The van der Waals surface area contributed by atoms with Crippen LogP contribution in [0.5, 0.6) is 0 Å². The van der Waals surface area contributed by atoms with Crippen molar-refractivity contribution in [2.45, 2.75) is 25.8 Å². The molecular weight excluding hydrogens is 294 g/mol. The van der Waals surface area contributed by atoms with Crippen molar-refractivity contribution in [1.82, 2.24) is 15.2 Å². The van der Waals surface area contributed by atoms with Crippen LogP contribution >= 0.6 is 11.3 Å². The molecule has 1 aliphatic rings. The lowest BCUT2D eigenvalue weighted by molar-refractivity contribution is 0.0938. The number of likely N-dealkylation sites (tertiary alicyclic amines) is 1. The molecule has 4 nitrogen and oxygen atoms in total. The molecule has 114 valence electrons. The highest BCUT2D eigenvalue weighted by Crippen LogP contribution is 2.19. The molecule has 5 heteroatoms. The number of thiazole rings is 1. The minimum atomic E-state index is 0.00166. The van der Waals surface area contributed by atoms with E-state index in [1.54, 1.807) is 16.8 Å². The number of amides is 1. The van der Waals surface area contributed by atoms with Crippen molar-refractivity contribution in [2.75, 3.05) is 19.6 Å². The number of benzene rings is 1. The van der Waals surface area contributed by atoms with E-state index < -0.39 is 0 Å². The molecule has 1 N–H and O–H groups in total. The number of hydrogen-bond donors (Lipinski definition) is 1. The molecule has 0 radical (unpaired) electrons. The molecular formula is C17H19N3OS. The number of fused-ring (bicyclic) bond motifs is 1. The summed E-state index contributed by atoms with van der Waals surface area (Å²) in [5.74, 6) is 6.25. The molecule has 2 aromatic rings. The second-order valence-corrected chi connectivity index (χ2v) is 6.32. The van der Waals surface area contributed by atoms with Crippen LogP contribution in [0.4, 0.5) is 0 Å². The van der Waals surface area contributed by atoms with Crippen LogP contribution in [0.25, 0.3) is 10.2 Å². The summed E-state index contributed by atoms with van der Waals surface area (Å²) >= 11 is 1.56. The first-order chi connectivity index (χ1) is 10.8. The third-order valence-electron chi connectivity index (χ3n) is 3.81. The number of carbonyl (C=O) groups excluding carboxylic acids is 1. The Balaban J connectivity index is 1.58. The zero-order valence-corrected chi connectivity index (χ0v) is 13.4. The molecule has 1 aliphatic heterocycles. The molecule has 1 amide bonds. The molecule has 2 heterocycles. The average molecular weight is 313 g/mol. The number of aromatic nitrogens is 1. The molecule has 0 bridgehead atoms. The van der Waals surface area contributed by atoms with E-state index in [9.17, 15) is 4.79 Å². The molecule has 0 saturated carbocycles. The molecule has 1 aromatic heterocycles. The van der Waals surface area contributed by atoms with Crippen LogP contribution in [-0.2, 0) is 0 Å². The van der Waals surface area contributed by atoms with Crippen LogP contribution in [0.15, 0.2) is 23.7 Å². The third kappa shape index (κ3) is 3.46. The van der Waals surface area contributed by atoms with Gasteiger partial charge in [-0.15, -0.1) is 17.3 Å². The van der Waals surface area contributed by atoms with Crippen molar-refractivity contribution in [3.63, 3.8) is 0 Å². The van der Waals surface area contributed by atoms with Gasteiger partial charge in [0.1, 0.15) is 0 Å². The van der Waals surface area contributed by atoms with Gasteiger partial charge in [-0.3, -0.25) is 9.69 Å². The Morgan fingerprint density at radius 3 is 3.27 bits per heavy atom. The van der Waals surface area contributed by atoms with Gasteiger partial charge in [-0.25, -0.2) is 4.98 Å². The van der Waals surface area contributed by atoms with E-state index in [0.717, 1.165) is 42.7 Å². The number of nitrogens with one attached hydrogen (secondary N) is 1. The molecule has 1 saturated heterocycles. The third-order valence-corrected chi connectivity index (χ3v) is 4.60. The Kier molecular flexibility index (Phi) is 4.71. The van der Waals surface area contributed by atoms with Gasteiger partial charge in [0.25, 0.3) is 5.91 Å². The lowest BCUT2D eigenvalue weighted by atomic mass is 10.2. The Hall–Kier alpha value is -1.90. The van der Waals surface area contributed by atoms with Crippen LogP contribution in [-0.4, -0.2) is 41.5 Å². The van der Waals surface area contributed by atoms with Crippen molar-refractivity contribution in [1.29, 1.82) is 0 Å². The fraction of sp³-hybridized carbons (Fsp3) is 0.412. The monoisotopic (exact) mass is 313 g/mol. The quantitative estimate of drug-likeness (QED) is 0.886. The summed E-state index contributed by atoms with van der Waals surface area (Å²) in [7, 11) is 0. The maximum atomic E-state index is 12.4. The second kappa shape index (κ2) is 6.91. The summed E-state index contributed by atoms with van der Waals surface area (Å²) < 4.78 is 1.05. The smallest absolute Gasteiger partial charge is 0.251 e. The fourth-order valence-electron chi connectivity index (χ4n) is 2.65. The predicted octanol–water partition coefficient (Wildman–Crippen LogP) is 2.51. The summed E-state index contributed by atoms with van der Waals surface area (Å²) in [6.07, 6.45) is 1.89. The minimum absolute atomic E-state index is 0.00166. The van der Waals surface area contributed by atoms with Crippen LogP contribution in [0.3, 0.4) is 0 Å². The van der Waals surface area contributed by atoms with E-state index >= 15 is 0 Å². The van der Waals surface area contributed by atoms with Gasteiger partial charge >= 0.3 is 0 Å². The van der Waals surface area contributed by atoms with E-state index in [1.165, 1.54) is 0 Å². The summed E-state index contributed by atoms with van der Waals surface area (Å²) in [5.41, 5.74) is 3.46. The summed E-state index contributed by atoms with van der Waals surface area (Å²) in [5, 5.41) is 3.13. The zero-order valence-electron chi connectivity index (χ0n) is 12.6. The SMILES string of the molecule is CCC#CCN1CC[C@H](NC(=O)c2ccc3ncsc3c2)C1. The summed E-state index contributed by atoms with van der Waals surface area (Å²) in [4.78, 5) is 18.9. The highest BCUT2D eigenvalue weighted by atomic mass is 32.1. The first-order valence-electron chi connectivity index (χ1n) is 7.58. The summed E-state index contributed by atoms with van der Waals surface area (Å²) in [6.45, 7) is 4.73. The topological polar surface area (TPSA) is 45.2 Å². The van der Waals surface area contributed by atoms with Crippen molar-refractivity contribution >= 4 is 27.5 Å². The van der Waals surface area contributed by atoms with Crippen LogP contribution in [0, 0.1) is 11.8 Å². The molecule has 3 rings (SSSR count). The second-order valence-electron chi connectivity index (χ2n) is 5.44. The maximum Gasteiger partial charge on any atom is 0.251 e. The molecule has 1 atom stereocenters. The van der Waals surface area contributed by atoms with Crippen molar-refractivity contribution in [3.8, 4) is 11.8 Å². The minimum Gasteiger partial charge on any atom is -0.348 e. The molecule has 1 fully saturated rings. The van der Waals surface area contributed by atoms with Gasteiger partial charge in [-0.2, -0.15) is 0 Å². The van der Waals surface area contributed by atoms with Crippen molar-refractivity contribution in [3.05, 3.63) is 29.3 Å². The van der Waals surface area contributed by atoms with Crippen LogP contribution in [0.2, 0.25) is 0 Å². The largest absolute Gasteiger partial charge is 0.348 e. The summed E-state index contributed by atoms with van der Waals surface area (Å²) in [6, 6.07) is 5.88. The van der Waals surface area contributed by atoms with Gasteiger partial charge in [0.15, 0.2) is 0 Å². The first kappa shape index (κ1) is 15.0. The van der Waals surface area contributed by atoms with Gasteiger partial charge in [0, 0.05) is 31.1 Å². The maximum absolute atomic E-state index is 12.4. The Morgan fingerprint density at radius 2 is 2.41 bits per heavy atom. The fourth-order valence-corrected chi connectivity index (χ4v) is 3.37. The lowest BCUT2D eigenvalue weighted by Gasteiger charge is -2.14. The lowest BCUT2D eigenvalue weighted by Crippen LogP contribution is -2.37. The predicted molar refractivity (Wildman–Crippen MR) is 90.0 cm³/mol. The molecule has 0 aliphatic carbocycles. The highest BCUT2D eigenvalue weighted by Gasteiger charge is 2.23. The van der Waals surface area contributed by atoms with Gasteiger partial charge in [0.2, 0.25) is 0 Å². The van der Waals surface area contributed by atoms with E-state index in [2.05, 4.69) is 34.0 Å². The molecule has 1 aromatic carbocycles. The Bertz CT molecular complexity index is 728. The average Bonchev–Trinajstić information content (AvgIpc) is 3.15. The van der Waals surface area contributed by atoms with Gasteiger partial charge in [-0.05, 0) is 24.6 Å². The van der Waals surface area contributed by atoms with Crippen molar-refractivity contribution < 1.29 is 4.79 Å². The van der Waals surface area contributed by atoms with Crippen LogP contribution in [0.1, 0.15) is 30.1 Å². The van der Waals surface area contributed by atoms with E-state index in [-0.39, 0.29) is 11.9 Å². The van der Waals surface area contributed by atoms with Crippen LogP contribution < -0.4 is 5.32 Å². The number of carbonyl (C=O) groups is 1. The number of nitrogens with zero attached hydrogens (tertiary/aromatic N) is 2. The van der Waals surface area contributed by atoms with Gasteiger partial charge < -0.3 is 5.32 Å². The highest BCUT2D eigenvalue weighted by molar-refractivity contribution is 7.16. The van der Waals surface area contributed by atoms with E-state index in [4.69, 9.17) is 0 Å². The van der Waals surface area contributed by atoms with E-state index in [1.807, 2.05) is 18.2 Å². The standard InChI is InChI=1S/C17H19N3OS/c1-2-3-4-8-20-9-7-14(11-20)19-17(21)13-5-6-15-16(10-13)22-12-18-15/h5-6,10,12,14H,2,7-9,11H2,1H3,(H,19,21)/t14-/m0/s1.